The molecule has 0 heterocycles. The van der Waals surface area contributed by atoms with Gasteiger partial charge in [0, 0.05) is 26.2 Å². The lowest BCUT2D eigenvalue weighted by molar-refractivity contribution is -0.112. The van der Waals surface area contributed by atoms with Gasteiger partial charge in [-0.1, -0.05) is 44.2 Å². The molecule has 3 heteroatoms. The molecule has 21 heavy (non-hydrogen) atoms. The van der Waals surface area contributed by atoms with Crippen LogP contribution in [0.15, 0.2) is 30.3 Å². The Morgan fingerprint density at radius 1 is 1.14 bits per heavy atom. The van der Waals surface area contributed by atoms with Crippen LogP contribution in [-0.4, -0.2) is 56.4 Å². The summed E-state index contributed by atoms with van der Waals surface area (Å²) in [5.74, 6) is 0.596. The fourth-order valence-corrected chi connectivity index (χ4v) is 2.57. The molecule has 0 aliphatic heterocycles. The number of likely N-dealkylation sites (N-methyl/N-ethyl adjacent to an activating group) is 1. The van der Waals surface area contributed by atoms with Crippen molar-refractivity contribution in [3.05, 3.63) is 35.9 Å². The van der Waals surface area contributed by atoms with E-state index in [2.05, 4.69) is 37.7 Å². The SMILES string of the molecule is CC(C)CN(CCN(C)C)CC(C)(C=O)c1ccccc1. The molecular formula is C18H30N2O. The summed E-state index contributed by atoms with van der Waals surface area (Å²) in [6.45, 7) is 10.3. The number of hydrogen-bond acceptors (Lipinski definition) is 3. The highest BCUT2D eigenvalue weighted by atomic mass is 16.1. The second kappa shape index (κ2) is 8.30. The molecule has 118 valence electrons. The Bertz CT molecular complexity index is 416. The lowest BCUT2D eigenvalue weighted by atomic mass is 9.83. The third kappa shape index (κ3) is 5.98. The Hall–Kier alpha value is -1.19. The molecule has 1 aromatic carbocycles. The van der Waals surface area contributed by atoms with Crippen molar-refractivity contribution < 1.29 is 4.79 Å². The maximum Gasteiger partial charge on any atom is 0.131 e. The lowest BCUT2D eigenvalue weighted by Crippen LogP contribution is -2.44. The van der Waals surface area contributed by atoms with E-state index >= 15 is 0 Å². The number of nitrogens with zero attached hydrogens (tertiary/aromatic N) is 2. The number of carbonyl (C=O) groups is 1. The van der Waals surface area contributed by atoms with E-state index in [9.17, 15) is 4.79 Å². The fourth-order valence-electron chi connectivity index (χ4n) is 2.57. The van der Waals surface area contributed by atoms with E-state index in [-0.39, 0.29) is 0 Å². The van der Waals surface area contributed by atoms with Gasteiger partial charge in [-0.3, -0.25) is 0 Å². The van der Waals surface area contributed by atoms with Crippen LogP contribution < -0.4 is 0 Å². The van der Waals surface area contributed by atoms with Gasteiger partial charge in [0.15, 0.2) is 0 Å². The van der Waals surface area contributed by atoms with Gasteiger partial charge in [0.05, 0.1) is 5.41 Å². The molecule has 1 aromatic rings. The molecule has 0 aliphatic carbocycles. The van der Waals surface area contributed by atoms with Crippen molar-refractivity contribution in [2.75, 3.05) is 40.3 Å². The number of aldehydes is 1. The Labute approximate surface area is 129 Å². The maximum atomic E-state index is 11.7. The summed E-state index contributed by atoms with van der Waals surface area (Å²) in [6.07, 6.45) is 1.10. The second-order valence-electron chi connectivity index (χ2n) is 6.83. The summed E-state index contributed by atoms with van der Waals surface area (Å²) < 4.78 is 0. The summed E-state index contributed by atoms with van der Waals surface area (Å²) >= 11 is 0. The molecule has 3 nitrogen and oxygen atoms in total. The van der Waals surface area contributed by atoms with Crippen molar-refractivity contribution in [3.63, 3.8) is 0 Å². The minimum Gasteiger partial charge on any atom is -0.308 e. The predicted octanol–water partition coefficient (Wildman–Crippen LogP) is 2.66. The van der Waals surface area contributed by atoms with Crippen molar-refractivity contribution >= 4 is 6.29 Å². The molecule has 0 radical (unpaired) electrons. The number of benzene rings is 1. The zero-order chi connectivity index (χ0) is 15.9. The molecule has 0 saturated carbocycles. The van der Waals surface area contributed by atoms with Gasteiger partial charge in [-0.15, -0.1) is 0 Å². The van der Waals surface area contributed by atoms with Crippen molar-refractivity contribution in [1.82, 2.24) is 9.80 Å². The van der Waals surface area contributed by atoms with E-state index in [1.54, 1.807) is 0 Å². The summed E-state index contributed by atoms with van der Waals surface area (Å²) in [5.41, 5.74) is 0.654. The van der Waals surface area contributed by atoms with E-state index in [1.807, 2.05) is 37.3 Å². The number of hydrogen-bond donors (Lipinski definition) is 0. The molecule has 0 spiro atoms. The molecule has 0 aliphatic rings. The van der Waals surface area contributed by atoms with Crippen LogP contribution in [0.2, 0.25) is 0 Å². The molecule has 0 amide bonds. The van der Waals surface area contributed by atoms with Crippen molar-refractivity contribution in [2.45, 2.75) is 26.2 Å². The Kier molecular flexibility index (Phi) is 7.06. The Balaban J connectivity index is 2.84. The predicted molar refractivity (Wildman–Crippen MR) is 89.7 cm³/mol. The standard InChI is InChI=1S/C18H30N2O/c1-16(2)13-20(12-11-19(4)5)14-18(3,15-21)17-9-7-6-8-10-17/h6-10,15-16H,11-14H2,1-5H3. The quantitative estimate of drug-likeness (QED) is 0.653. The summed E-state index contributed by atoms with van der Waals surface area (Å²) in [5, 5.41) is 0. The van der Waals surface area contributed by atoms with Gasteiger partial charge in [0.1, 0.15) is 6.29 Å². The van der Waals surface area contributed by atoms with Crippen molar-refractivity contribution in [2.24, 2.45) is 5.92 Å². The highest BCUT2D eigenvalue weighted by Crippen LogP contribution is 2.23. The van der Waals surface area contributed by atoms with Gasteiger partial charge in [-0.25, -0.2) is 0 Å². The summed E-state index contributed by atoms with van der Waals surface area (Å²) in [7, 11) is 4.17. The van der Waals surface area contributed by atoms with Crippen LogP contribution in [0.4, 0.5) is 0 Å². The summed E-state index contributed by atoms with van der Waals surface area (Å²) in [4.78, 5) is 16.3. The molecule has 1 atom stereocenters. The average Bonchev–Trinajstić information content (AvgIpc) is 2.45. The highest BCUT2D eigenvalue weighted by molar-refractivity contribution is 5.68. The van der Waals surface area contributed by atoms with Crippen LogP contribution in [0.25, 0.3) is 0 Å². The van der Waals surface area contributed by atoms with Gasteiger partial charge < -0.3 is 14.6 Å². The minimum atomic E-state index is -0.442. The molecule has 0 N–H and O–H groups in total. The first-order chi connectivity index (χ1) is 9.87. The largest absolute Gasteiger partial charge is 0.308 e. The zero-order valence-corrected chi connectivity index (χ0v) is 14.2. The maximum absolute atomic E-state index is 11.7. The van der Waals surface area contributed by atoms with Gasteiger partial charge in [0.25, 0.3) is 0 Å². The van der Waals surface area contributed by atoms with E-state index in [0.717, 1.165) is 38.0 Å². The summed E-state index contributed by atoms with van der Waals surface area (Å²) in [6, 6.07) is 10.1. The monoisotopic (exact) mass is 290 g/mol. The molecule has 0 saturated heterocycles. The van der Waals surface area contributed by atoms with Crippen LogP contribution in [0.3, 0.4) is 0 Å². The molecule has 0 aromatic heterocycles. The Morgan fingerprint density at radius 2 is 1.76 bits per heavy atom. The first-order valence-corrected chi connectivity index (χ1v) is 7.76. The smallest absolute Gasteiger partial charge is 0.131 e. The van der Waals surface area contributed by atoms with Crippen LogP contribution in [0, 0.1) is 5.92 Å². The average molecular weight is 290 g/mol. The molecule has 0 bridgehead atoms. The third-order valence-electron chi connectivity index (χ3n) is 3.73. The number of rotatable bonds is 9. The van der Waals surface area contributed by atoms with Crippen LogP contribution in [0.5, 0.6) is 0 Å². The van der Waals surface area contributed by atoms with Crippen LogP contribution >= 0.6 is 0 Å². The fraction of sp³-hybridized carbons (Fsp3) is 0.611. The van der Waals surface area contributed by atoms with E-state index < -0.39 is 5.41 Å². The van der Waals surface area contributed by atoms with Gasteiger partial charge in [-0.2, -0.15) is 0 Å². The number of carbonyl (C=O) groups excluding carboxylic acids is 1. The van der Waals surface area contributed by atoms with Crippen molar-refractivity contribution in [3.8, 4) is 0 Å². The zero-order valence-electron chi connectivity index (χ0n) is 14.2. The van der Waals surface area contributed by atoms with Gasteiger partial charge >= 0.3 is 0 Å². The van der Waals surface area contributed by atoms with E-state index in [4.69, 9.17) is 0 Å². The highest BCUT2D eigenvalue weighted by Gasteiger charge is 2.28. The molecule has 1 unspecified atom stereocenters. The lowest BCUT2D eigenvalue weighted by Gasteiger charge is -2.33. The normalized spacial score (nSPS) is 14.7. The van der Waals surface area contributed by atoms with E-state index in [0.29, 0.717) is 5.92 Å². The molecular weight excluding hydrogens is 260 g/mol. The van der Waals surface area contributed by atoms with Crippen LogP contribution in [-0.2, 0) is 10.2 Å². The minimum absolute atomic E-state index is 0.442. The van der Waals surface area contributed by atoms with Gasteiger partial charge in [0.2, 0.25) is 0 Å². The Morgan fingerprint density at radius 3 is 2.24 bits per heavy atom. The molecule has 1 rings (SSSR count). The second-order valence-corrected chi connectivity index (χ2v) is 6.83. The van der Waals surface area contributed by atoms with Crippen LogP contribution in [0.1, 0.15) is 26.3 Å². The van der Waals surface area contributed by atoms with E-state index in [1.165, 1.54) is 0 Å². The first kappa shape index (κ1) is 17.9. The molecule has 0 fully saturated rings. The first-order valence-electron chi connectivity index (χ1n) is 7.76. The van der Waals surface area contributed by atoms with Gasteiger partial charge in [-0.05, 0) is 32.5 Å². The van der Waals surface area contributed by atoms with Crippen molar-refractivity contribution in [1.29, 1.82) is 0 Å². The topological polar surface area (TPSA) is 23.6 Å². The third-order valence-corrected chi connectivity index (χ3v) is 3.73.